The Morgan fingerprint density at radius 2 is 2.14 bits per heavy atom. The molecule has 0 unspecified atom stereocenters. The van der Waals surface area contributed by atoms with Crippen LogP contribution in [0.1, 0.15) is 29.8 Å². The molecule has 0 amide bonds. The lowest BCUT2D eigenvalue weighted by molar-refractivity contribution is 0.128. The van der Waals surface area contributed by atoms with Gasteiger partial charge in [-0.2, -0.15) is 0 Å². The molecule has 6 nitrogen and oxygen atoms in total. The molecular formula is C20H23N3O3S2. The van der Waals surface area contributed by atoms with Crippen molar-refractivity contribution in [3.05, 3.63) is 44.9 Å². The molecule has 1 aliphatic rings. The largest absolute Gasteiger partial charge is 0.497 e. The SMILES string of the molecule is CC[C@H]1c2ccsc2CCN1Cn1nc(-c2ccc(OC)cc2OC)oc1=S. The van der Waals surface area contributed by atoms with Gasteiger partial charge in [-0.25, -0.2) is 4.68 Å². The van der Waals surface area contributed by atoms with E-state index in [4.69, 9.17) is 26.1 Å². The van der Waals surface area contributed by atoms with Crippen LogP contribution in [0, 0.1) is 4.84 Å². The molecule has 1 atom stereocenters. The summed E-state index contributed by atoms with van der Waals surface area (Å²) >= 11 is 7.30. The van der Waals surface area contributed by atoms with Gasteiger partial charge in [-0.3, -0.25) is 4.90 Å². The normalized spacial score (nSPS) is 16.8. The summed E-state index contributed by atoms with van der Waals surface area (Å²) in [5.41, 5.74) is 2.18. The first kappa shape index (κ1) is 19.2. The fourth-order valence-corrected chi connectivity index (χ4v) is 4.85. The molecule has 1 aromatic carbocycles. The van der Waals surface area contributed by atoms with Crippen molar-refractivity contribution in [3.8, 4) is 23.0 Å². The molecule has 0 radical (unpaired) electrons. The summed E-state index contributed by atoms with van der Waals surface area (Å²) in [5, 5.41) is 6.82. The van der Waals surface area contributed by atoms with Gasteiger partial charge in [-0.15, -0.1) is 16.4 Å². The minimum Gasteiger partial charge on any atom is -0.497 e. The summed E-state index contributed by atoms with van der Waals surface area (Å²) in [6, 6.07) is 8.16. The second kappa shape index (κ2) is 8.06. The third-order valence-electron chi connectivity index (χ3n) is 5.15. The number of methoxy groups -OCH3 is 2. The number of ether oxygens (including phenoxy) is 2. The monoisotopic (exact) mass is 417 g/mol. The average molecular weight is 418 g/mol. The van der Waals surface area contributed by atoms with E-state index < -0.39 is 0 Å². The Hall–Kier alpha value is -2.16. The molecule has 0 bridgehead atoms. The molecule has 0 saturated carbocycles. The average Bonchev–Trinajstić information content (AvgIpc) is 3.34. The quantitative estimate of drug-likeness (QED) is 0.531. The van der Waals surface area contributed by atoms with E-state index in [2.05, 4.69) is 28.4 Å². The molecule has 1 aliphatic heterocycles. The van der Waals surface area contributed by atoms with Crippen molar-refractivity contribution in [2.75, 3.05) is 20.8 Å². The Kier molecular flexibility index (Phi) is 5.52. The molecule has 148 valence electrons. The number of benzene rings is 1. The molecule has 8 heteroatoms. The lowest BCUT2D eigenvalue weighted by Crippen LogP contribution is -2.36. The number of fused-ring (bicyclic) bond motifs is 1. The topological polar surface area (TPSA) is 52.7 Å². The van der Waals surface area contributed by atoms with Gasteiger partial charge in [0, 0.05) is 23.5 Å². The molecule has 3 aromatic rings. The number of hydrogen-bond acceptors (Lipinski definition) is 7. The lowest BCUT2D eigenvalue weighted by Gasteiger charge is -2.34. The van der Waals surface area contributed by atoms with Crippen molar-refractivity contribution in [2.45, 2.75) is 32.5 Å². The van der Waals surface area contributed by atoms with Crippen LogP contribution in [0.25, 0.3) is 11.5 Å². The third kappa shape index (κ3) is 3.47. The van der Waals surface area contributed by atoms with Crippen LogP contribution in [0.3, 0.4) is 0 Å². The van der Waals surface area contributed by atoms with E-state index in [0.29, 0.717) is 34.9 Å². The molecule has 3 heterocycles. The zero-order chi connectivity index (χ0) is 19.7. The molecule has 0 fully saturated rings. The Morgan fingerprint density at radius 1 is 1.29 bits per heavy atom. The van der Waals surface area contributed by atoms with Gasteiger partial charge >= 0.3 is 0 Å². The summed E-state index contributed by atoms with van der Waals surface area (Å²) in [6.45, 7) is 3.82. The number of nitrogens with zero attached hydrogens (tertiary/aromatic N) is 3. The van der Waals surface area contributed by atoms with Crippen LogP contribution in [0.2, 0.25) is 0 Å². The molecule has 2 aromatic heterocycles. The molecule has 4 rings (SSSR count). The van der Waals surface area contributed by atoms with E-state index in [1.54, 1.807) is 18.9 Å². The van der Waals surface area contributed by atoms with Crippen LogP contribution in [0.4, 0.5) is 0 Å². The van der Waals surface area contributed by atoms with Crippen LogP contribution in [-0.2, 0) is 13.1 Å². The Bertz CT molecular complexity index is 1020. The minimum atomic E-state index is 0.360. The van der Waals surface area contributed by atoms with Crippen molar-refractivity contribution < 1.29 is 13.9 Å². The summed E-state index contributed by atoms with van der Waals surface area (Å²) in [7, 11) is 3.23. The highest BCUT2D eigenvalue weighted by Crippen LogP contribution is 2.36. The van der Waals surface area contributed by atoms with E-state index in [1.807, 2.05) is 29.5 Å². The van der Waals surface area contributed by atoms with Crippen molar-refractivity contribution in [2.24, 2.45) is 0 Å². The van der Waals surface area contributed by atoms with Crippen molar-refractivity contribution in [1.82, 2.24) is 14.7 Å². The van der Waals surface area contributed by atoms with E-state index in [-0.39, 0.29) is 0 Å². The minimum absolute atomic E-state index is 0.360. The predicted octanol–water partition coefficient (Wildman–Crippen LogP) is 4.92. The third-order valence-corrected chi connectivity index (χ3v) is 6.44. The molecule has 0 N–H and O–H groups in total. The first-order chi connectivity index (χ1) is 13.6. The molecule has 0 spiro atoms. The highest BCUT2D eigenvalue weighted by atomic mass is 32.1. The van der Waals surface area contributed by atoms with Crippen LogP contribution >= 0.6 is 23.6 Å². The van der Waals surface area contributed by atoms with Crippen LogP contribution in [0.5, 0.6) is 11.5 Å². The van der Waals surface area contributed by atoms with Crippen LogP contribution in [0.15, 0.2) is 34.1 Å². The number of thiophene rings is 1. The smallest absolute Gasteiger partial charge is 0.288 e. The number of rotatable bonds is 6. The fraction of sp³-hybridized carbons (Fsp3) is 0.400. The van der Waals surface area contributed by atoms with Gasteiger partial charge in [0.25, 0.3) is 10.7 Å². The Labute approximate surface area is 173 Å². The van der Waals surface area contributed by atoms with Gasteiger partial charge in [-0.1, -0.05) is 6.92 Å². The van der Waals surface area contributed by atoms with Crippen LogP contribution < -0.4 is 9.47 Å². The Morgan fingerprint density at radius 3 is 2.89 bits per heavy atom. The van der Waals surface area contributed by atoms with Gasteiger partial charge in [0.1, 0.15) is 11.5 Å². The maximum Gasteiger partial charge on any atom is 0.288 e. The molecule has 0 saturated heterocycles. The second-order valence-corrected chi connectivity index (χ2v) is 8.02. The van der Waals surface area contributed by atoms with Gasteiger partial charge < -0.3 is 13.9 Å². The highest BCUT2D eigenvalue weighted by Gasteiger charge is 2.28. The van der Waals surface area contributed by atoms with E-state index in [0.717, 1.165) is 24.9 Å². The van der Waals surface area contributed by atoms with Gasteiger partial charge in [0.05, 0.1) is 26.5 Å². The second-order valence-electron chi connectivity index (χ2n) is 6.67. The summed E-state index contributed by atoms with van der Waals surface area (Å²) in [4.78, 5) is 4.27. The fourth-order valence-electron chi connectivity index (χ4n) is 3.75. The molecule has 0 aliphatic carbocycles. The van der Waals surface area contributed by atoms with Gasteiger partial charge in [-0.05, 0) is 54.2 Å². The summed E-state index contributed by atoms with van der Waals surface area (Å²) < 4.78 is 18.3. The Balaban J connectivity index is 1.62. The lowest BCUT2D eigenvalue weighted by atomic mass is 9.98. The summed E-state index contributed by atoms with van der Waals surface area (Å²) in [5.74, 6) is 1.80. The number of hydrogen-bond donors (Lipinski definition) is 0. The zero-order valence-electron chi connectivity index (χ0n) is 16.2. The predicted molar refractivity (Wildman–Crippen MR) is 112 cm³/mol. The van der Waals surface area contributed by atoms with E-state index in [9.17, 15) is 0 Å². The first-order valence-corrected chi connectivity index (χ1v) is 10.5. The molecular weight excluding hydrogens is 394 g/mol. The first-order valence-electron chi connectivity index (χ1n) is 9.25. The molecule has 28 heavy (non-hydrogen) atoms. The van der Waals surface area contributed by atoms with E-state index in [1.165, 1.54) is 10.4 Å². The number of aromatic nitrogens is 2. The van der Waals surface area contributed by atoms with Crippen molar-refractivity contribution in [3.63, 3.8) is 0 Å². The maximum atomic E-state index is 5.80. The zero-order valence-corrected chi connectivity index (χ0v) is 17.8. The highest BCUT2D eigenvalue weighted by molar-refractivity contribution is 7.71. The standard InChI is InChI=1S/C20H23N3O3S2/c1-4-16-14-8-10-28-18(14)7-9-22(16)12-23-20(27)26-19(21-23)15-6-5-13(24-2)11-17(15)25-3/h5-6,8,10-11,16H,4,7,9,12H2,1-3H3/t16-/m0/s1. The summed E-state index contributed by atoms with van der Waals surface area (Å²) in [6.07, 6.45) is 2.11. The van der Waals surface area contributed by atoms with Crippen molar-refractivity contribution >= 4 is 23.6 Å². The van der Waals surface area contributed by atoms with E-state index >= 15 is 0 Å². The maximum absolute atomic E-state index is 5.80. The van der Waals surface area contributed by atoms with Crippen molar-refractivity contribution in [1.29, 1.82) is 0 Å². The van der Waals surface area contributed by atoms with Gasteiger partial charge in [0.2, 0.25) is 0 Å². The van der Waals surface area contributed by atoms with Crippen LogP contribution in [-0.4, -0.2) is 35.4 Å². The van der Waals surface area contributed by atoms with Gasteiger partial charge in [0.15, 0.2) is 0 Å².